The SMILES string of the molecule is CCCNCc1c(C)nn(C)c1N1CC(C)CC(C)C1C. The normalized spacial score (nSPS) is 26.4. The smallest absolute Gasteiger partial charge is 0.131 e. The lowest BCUT2D eigenvalue weighted by atomic mass is 9.86. The van der Waals surface area contributed by atoms with Crippen LogP contribution in [-0.2, 0) is 13.6 Å². The Morgan fingerprint density at radius 3 is 2.67 bits per heavy atom. The number of nitrogens with zero attached hydrogens (tertiary/aromatic N) is 3. The lowest BCUT2D eigenvalue weighted by Crippen LogP contribution is -2.47. The van der Waals surface area contributed by atoms with E-state index in [-0.39, 0.29) is 0 Å². The Bertz CT molecular complexity index is 466. The number of hydrogen-bond donors (Lipinski definition) is 1. The molecule has 1 aromatic rings. The van der Waals surface area contributed by atoms with Gasteiger partial charge >= 0.3 is 0 Å². The predicted molar refractivity (Wildman–Crippen MR) is 89.7 cm³/mol. The van der Waals surface area contributed by atoms with Crippen molar-refractivity contribution in [3.8, 4) is 0 Å². The summed E-state index contributed by atoms with van der Waals surface area (Å²) in [5.74, 6) is 2.81. The molecule has 120 valence electrons. The molecule has 4 heteroatoms. The van der Waals surface area contributed by atoms with Gasteiger partial charge in [-0.1, -0.05) is 20.8 Å². The van der Waals surface area contributed by atoms with Crippen molar-refractivity contribution in [2.45, 2.75) is 60.0 Å². The second-order valence-corrected chi connectivity index (χ2v) is 6.90. The summed E-state index contributed by atoms with van der Waals surface area (Å²) < 4.78 is 2.08. The van der Waals surface area contributed by atoms with Crippen molar-refractivity contribution in [2.75, 3.05) is 18.0 Å². The molecule has 2 heterocycles. The van der Waals surface area contributed by atoms with Crippen LogP contribution in [0.3, 0.4) is 0 Å². The summed E-state index contributed by atoms with van der Waals surface area (Å²) in [6.07, 6.45) is 2.50. The van der Waals surface area contributed by atoms with Gasteiger partial charge in [0.1, 0.15) is 5.82 Å². The van der Waals surface area contributed by atoms with Gasteiger partial charge in [0.15, 0.2) is 0 Å². The summed E-state index contributed by atoms with van der Waals surface area (Å²) in [5.41, 5.74) is 2.54. The minimum atomic E-state index is 0.584. The van der Waals surface area contributed by atoms with E-state index in [0.717, 1.165) is 37.2 Å². The number of rotatable bonds is 5. The van der Waals surface area contributed by atoms with E-state index in [2.05, 4.69) is 61.7 Å². The van der Waals surface area contributed by atoms with Crippen LogP contribution in [0.1, 0.15) is 51.8 Å². The lowest BCUT2D eigenvalue weighted by molar-refractivity contribution is 0.293. The molecule has 1 saturated heterocycles. The number of anilines is 1. The molecule has 1 aliphatic heterocycles. The van der Waals surface area contributed by atoms with Gasteiger partial charge in [0.2, 0.25) is 0 Å². The predicted octanol–water partition coefficient (Wildman–Crippen LogP) is 3.10. The van der Waals surface area contributed by atoms with Crippen LogP contribution >= 0.6 is 0 Å². The highest BCUT2D eigenvalue weighted by Crippen LogP contribution is 2.33. The van der Waals surface area contributed by atoms with Gasteiger partial charge in [-0.3, -0.25) is 4.68 Å². The molecule has 0 amide bonds. The molecule has 3 atom stereocenters. The van der Waals surface area contributed by atoms with E-state index in [0.29, 0.717) is 6.04 Å². The number of hydrogen-bond acceptors (Lipinski definition) is 3. The summed E-state index contributed by atoms with van der Waals surface area (Å²) in [7, 11) is 2.09. The molecule has 0 aromatic carbocycles. The van der Waals surface area contributed by atoms with Gasteiger partial charge in [-0.2, -0.15) is 5.10 Å². The Labute approximate surface area is 129 Å². The van der Waals surface area contributed by atoms with E-state index < -0.39 is 0 Å². The Morgan fingerprint density at radius 1 is 1.29 bits per heavy atom. The lowest BCUT2D eigenvalue weighted by Gasteiger charge is -2.42. The highest BCUT2D eigenvalue weighted by atomic mass is 15.4. The molecule has 1 aliphatic rings. The van der Waals surface area contributed by atoms with Crippen LogP contribution in [0.15, 0.2) is 0 Å². The summed E-state index contributed by atoms with van der Waals surface area (Å²) in [5, 5.41) is 8.23. The van der Waals surface area contributed by atoms with Crippen LogP contribution in [0.5, 0.6) is 0 Å². The van der Waals surface area contributed by atoms with Crippen molar-refractivity contribution >= 4 is 5.82 Å². The van der Waals surface area contributed by atoms with E-state index in [1.807, 2.05) is 0 Å². The van der Waals surface area contributed by atoms with Crippen LogP contribution in [0, 0.1) is 18.8 Å². The summed E-state index contributed by atoms with van der Waals surface area (Å²) in [6.45, 7) is 14.6. The summed E-state index contributed by atoms with van der Waals surface area (Å²) in [4.78, 5) is 2.59. The molecular formula is C17H32N4. The van der Waals surface area contributed by atoms with E-state index in [1.54, 1.807) is 0 Å². The average Bonchev–Trinajstić information content (AvgIpc) is 2.69. The van der Waals surface area contributed by atoms with Crippen molar-refractivity contribution in [1.29, 1.82) is 0 Å². The molecule has 0 radical (unpaired) electrons. The van der Waals surface area contributed by atoms with Gasteiger partial charge in [-0.15, -0.1) is 0 Å². The third-order valence-corrected chi connectivity index (χ3v) is 4.91. The third kappa shape index (κ3) is 3.42. The third-order valence-electron chi connectivity index (χ3n) is 4.91. The van der Waals surface area contributed by atoms with Crippen molar-refractivity contribution in [2.24, 2.45) is 18.9 Å². The van der Waals surface area contributed by atoms with Gasteiger partial charge in [0.25, 0.3) is 0 Å². The molecule has 0 saturated carbocycles. The molecule has 1 N–H and O–H groups in total. The maximum absolute atomic E-state index is 4.68. The van der Waals surface area contributed by atoms with Crippen molar-refractivity contribution < 1.29 is 0 Å². The molecule has 1 fully saturated rings. The van der Waals surface area contributed by atoms with E-state index >= 15 is 0 Å². The first-order valence-corrected chi connectivity index (χ1v) is 8.45. The fraction of sp³-hybridized carbons (Fsp3) is 0.824. The van der Waals surface area contributed by atoms with Gasteiger partial charge in [-0.05, 0) is 45.1 Å². The van der Waals surface area contributed by atoms with E-state index in [1.165, 1.54) is 24.2 Å². The maximum atomic E-state index is 4.68. The number of aryl methyl sites for hydroxylation is 2. The quantitative estimate of drug-likeness (QED) is 0.847. The number of aromatic nitrogens is 2. The average molecular weight is 292 g/mol. The molecule has 21 heavy (non-hydrogen) atoms. The zero-order chi connectivity index (χ0) is 15.6. The van der Waals surface area contributed by atoms with E-state index in [4.69, 9.17) is 0 Å². The number of piperidine rings is 1. The minimum Gasteiger partial charge on any atom is -0.353 e. The summed E-state index contributed by atoms with van der Waals surface area (Å²) >= 11 is 0. The molecular weight excluding hydrogens is 260 g/mol. The highest BCUT2D eigenvalue weighted by molar-refractivity contribution is 5.51. The van der Waals surface area contributed by atoms with Gasteiger partial charge in [-0.25, -0.2) is 0 Å². The Balaban J connectivity index is 2.28. The van der Waals surface area contributed by atoms with Crippen LogP contribution in [0.25, 0.3) is 0 Å². The first kappa shape index (κ1) is 16.3. The van der Waals surface area contributed by atoms with Crippen LogP contribution in [-0.4, -0.2) is 28.9 Å². The molecule has 2 rings (SSSR count). The zero-order valence-corrected chi connectivity index (χ0v) is 14.6. The van der Waals surface area contributed by atoms with E-state index in [9.17, 15) is 0 Å². The number of nitrogens with one attached hydrogen (secondary N) is 1. The van der Waals surface area contributed by atoms with Crippen LogP contribution < -0.4 is 10.2 Å². The topological polar surface area (TPSA) is 33.1 Å². The minimum absolute atomic E-state index is 0.584. The fourth-order valence-electron chi connectivity index (χ4n) is 3.64. The van der Waals surface area contributed by atoms with Gasteiger partial charge in [0, 0.05) is 31.7 Å². The summed E-state index contributed by atoms with van der Waals surface area (Å²) in [6, 6.07) is 0.584. The highest BCUT2D eigenvalue weighted by Gasteiger charge is 2.32. The first-order valence-electron chi connectivity index (χ1n) is 8.45. The van der Waals surface area contributed by atoms with Crippen molar-refractivity contribution in [1.82, 2.24) is 15.1 Å². The monoisotopic (exact) mass is 292 g/mol. The Kier molecular flexibility index (Phi) is 5.31. The molecule has 4 nitrogen and oxygen atoms in total. The fourth-order valence-corrected chi connectivity index (χ4v) is 3.64. The van der Waals surface area contributed by atoms with Gasteiger partial charge < -0.3 is 10.2 Å². The second-order valence-electron chi connectivity index (χ2n) is 6.90. The first-order chi connectivity index (χ1) is 9.95. The second kappa shape index (κ2) is 6.82. The van der Waals surface area contributed by atoms with Gasteiger partial charge in [0.05, 0.1) is 5.69 Å². The molecule has 1 aromatic heterocycles. The largest absolute Gasteiger partial charge is 0.353 e. The Hall–Kier alpha value is -1.03. The molecule has 3 unspecified atom stereocenters. The van der Waals surface area contributed by atoms with Crippen molar-refractivity contribution in [3.63, 3.8) is 0 Å². The zero-order valence-electron chi connectivity index (χ0n) is 14.6. The Morgan fingerprint density at radius 2 is 2.00 bits per heavy atom. The molecule has 0 bridgehead atoms. The maximum Gasteiger partial charge on any atom is 0.131 e. The molecule has 0 spiro atoms. The standard InChI is InChI=1S/C17H32N4/c1-7-8-18-10-16-14(4)19-20(6)17(16)21-11-12(2)9-13(3)15(21)5/h12-13,15,18H,7-11H2,1-6H3. The van der Waals surface area contributed by atoms with Crippen molar-refractivity contribution in [3.05, 3.63) is 11.3 Å². The van der Waals surface area contributed by atoms with Crippen LogP contribution in [0.4, 0.5) is 5.82 Å². The van der Waals surface area contributed by atoms with Crippen LogP contribution in [0.2, 0.25) is 0 Å². The molecule has 0 aliphatic carbocycles.